The number of nitrogens with one attached hydrogen (secondary N) is 1. The number of halogens is 3. The van der Waals surface area contributed by atoms with Crippen LogP contribution in [0.2, 0.25) is 0 Å². The van der Waals surface area contributed by atoms with E-state index in [1.807, 2.05) is 0 Å². The van der Waals surface area contributed by atoms with E-state index >= 15 is 0 Å². The van der Waals surface area contributed by atoms with Gasteiger partial charge in [-0.2, -0.15) is 5.10 Å². The number of benzene rings is 2. The molecule has 0 saturated carbocycles. The molecule has 2 aromatic carbocycles. The van der Waals surface area contributed by atoms with Crippen LogP contribution in [-0.2, 0) is 13.6 Å². The third-order valence-electron chi connectivity index (χ3n) is 3.69. The number of hydrogen-bond acceptors (Lipinski definition) is 2. The van der Waals surface area contributed by atoms with Crippen molar-refractivity contribution < 1.29 is 18.0 Å². The van der Waals surface area contributed by atoms with Crippen molar-refractivity contribution in [3.63, 3.8) is 0 Å². The van der Waals surface area contributed by atoms with E-state index in [-0.39, 0.29) is 18.1 Å². The fraction of sp³-hybridized carbons (Fsp3) is 0.111. The summed E-state index contributed by atoms with van der Waals surface area (Å²) in [6.45, 7) is 0.218. The molecule has 7 heteroatoms. The van der Waals surface area contributed by atoms with E-state index in [0.29, 0.717) is 11.3 Å². The highest BCUT2D eigenvalue weighted by Crippen LogP contribution is 2.22. The van der Waals surface area contributed by atoms with E-state index in [4.69, 9.17) is 0 Å². The lowest BCUT2D eigenvalue weighted by molar-refractivity contribution is 0.0945. The maximum Gasteiger partial charge on any atom is 0.272 e. The lowest BCUT2D eigenvalue weighted by Crippen LogP contribution is -2.23. The fourth-order valence-corrected chi connectivity index (χ4v) is 2.38. The number of nitrogens with zero attached hydrogens (tertiary/aromatic N) is 2. The van der Waals surface area contributed by atoms with Gasteiger partial charge in [-0.05, 0) is 42.0 Å². The molecule has 1 N–H and O–H groups in total. The molecule has 0 bridgehead atoms. The summed E-state index contributed by atoms with van der Waals surface area (Å²) in [6, 6.07) is 10.7. The summed E-state index contributed by atoms with van der Waals surface area (Å²) in [6.07, 6.45) is 0. The second kappa shape index (κ2) is 6.80. The quantitative estimate of drug-likeness (QED) is 0.787. The summed E-state index contributed by atoms with van der Waals surface area (Å²) in [5, 5.41) is 6.77. The van der Waals surface area contributed by atoms with Gasteiger partial charge in [0.25, 0.3) is 5.91 Å². The first-order valence-electron chi connectivity index (χ1n) is 7.46. The molecule has 0 fully saturated rings. The average molecular weight is 345 g/mol. The van der Waals surface area contributed by atoms with Crippen molar-refractivity contribution >= 4 is 5.91 Å². The molecule has 128 valence electrons. The Labute approximate surface area is 141 Å². The van der Waals surface area contributed by atoms with E-state index in [2.05, 4.69) is 10.4 Å². The van der Waals surface area contributed by atoms with Gasteiger partial charge in [0.15, 0.2) is 17.3 Å². The molecule has 0 radical (unpaired) electrons. The molecular weight excluding hydrogens is 331 g/mol. The molecule has 0 unspecified atom stereocenters. The van der Waals surface area contributed by atoms with Crippen LogP contribution < -0.4 is 5.32 Å². The standard InChI is InChI=1S/C18H14F3N3O/c1-24-17(12-4-7-14(20)15(21)8-12)9-16(23-24)18(25)22-10-11-2-5-13(19)6-3-11/h2-9H,10H2,1H3,(H,22,25). The SMILES string of the molecule is Cn1nc(C(=O)NCc2ccc(F)cc2)cc1-c1ccc(F)c(F)c1. The zero-order valence-corrected chi connectivity index (χ0v) is 13.3. The number of carbonyl (C=O) groups excluding carboxylic acids is 1. The highest BCUT2D eigenvalue weighted by atomic mass is 19.2. The Morgan fingerprint density at radius 1 is 1.04 bits per heavy atom. The number of aromatic nitrogens is 2. The summed E-state index contributed by atoms with van der Waals surface area (Å²) in [5.74, 6) is -2.69. The summed E-state index contributed by atoms with van der Waals surface area (Å²) < 4.78 is 40.7. The van der Waals surface area contributed by atoms with E-state index in [9.17, 15) is 18.0 Å². The molecule has 4 nitrogen and oxygen atoms in total. The van der Waals surface area contributed by atoms with E-state index in [0.717, 1.165) is 17.7 Å². The van der Waals surface area contributed by atoms with Crippen molar-refractivity contribution in [3.8, 4) is 11.3 Å². The Bertz CT molecular complexity index is 920. The molecule has 1 heterocycles. The van der Waals surface area contributed by atoms with Crippen molar-refractivity contribution in [1.82, 2.24) is 15.1 Å². The molecule has 3 rings (SSSR count). The molecule has 3 aromatic rings. The van der Waals surface area contributed by atoms with Crippen LogP contribution in [-0.4, -0.2) is 15.7 Å². The molecule has 25 heavy (non-hydrogen) atoms. The van der Waals surface area contributed by atoms with Crippen LogP contribution in [0.25, 0.3) is 11.3 Å². The minimum Gasteiger partial charge on any atom is -0.347 e. The van der Waals surface area contributed by atoms with Crippen LogP contribution >= 0.6 is 0 Å². The van der Waals surface area contributed by atoms with Crippen LogP contribution in [0, 0.1) is 17.5 Å². The number of aryl methyl sites for hydroxylation is 1. The van der Waals surface area contributed by atoms with Crippen molar-refractivity contribution in [3.05, 3.63) is 77.2 Å². The predicted octanol–water partition coefficient (Wildman–Crippen LogP) is 3.43. The summed E-state index contributed by atoms with van der Waals surface area (Å²) in [7, 11) is 1.60. The second-order valence-corrected chi connectivity index (χ2v) is 5.48. The van der Waals surface area contributed by atoms with Crippen molar-refractivity contribution in [2.75, 3.05) is 0 Å². The van der Waals surface area contributed by atoms with E-state index < -0.39 is 17.5 Å². The van der Waals surface area contributed by atoms with Gasteiger partial charge in [-0.25, -0.2) is 13.2 Å². The van der Waals surface area contributed by atoms with Gasteiger partial charge < -0.3 is 5.32 Å². The molecule has 0 atom stereocenters. The van der Waals surface area contributed by atoms with Crippen molar-refractivity contribution in [1.29, 1.82) is 0 Å². The van der Waals surface area contributed by atoms with Gasteiger partial charge in [-0.1, -0.05) is 12.1 Å². The number of carbonyl (C=O) groups is 1. The zero-order chi connectivity index (χ0) is 18.0. The zero-order valence-electron chi connectivity index (χ0n) is 13.3. The molecule has 1 amide bonds. The van der Waals surface area contributed by atoms with Gasteiger partial charge in [-0.3, -0.25) is 9.48 Å². The van der Waals surface area contributed by atoms with Gasteiger partial charge in [0.2, 0.25) is 0 Å². The molecule has 0 saturated heterocycles. The largest absolute Gasteiger partial charge is 0.347 e. The minimum absolute atomic E-state index is 0.143. The van der Waals surface area contributed by atoms with E-state index in [1.54, 1.807) is 19.2 Å². The van der Waals surface area contributed by atoms with Crippen LogP contribution in [0.5, 0.6) is 0 Å². The summed E-state index contributed by atoms with van der Waals surface area (Å²) >= 11 is 0. The number of rotatable bonds is 4. The van der Waals surface area contributed by atoms with Crippen LogP contribution in [0.1, 0.15) is 16.1 Å². The summed E-state index contributed by atoms with van der Waals surface area (Å²) in [5.41, 5.74) is 1.77. The first kappa shape index (κ1) is 16.8. The van der Waals surface area contributed by atoms with E-state index in [1.165, 1.54) is 28.9 Å². The molecule has 1 aromatic heterocycles. The Morgan fingerprint density at radius 3 is 2.44 bits per heavy atom. The predicted molar refractivity (Wildman–Crippen MR) is 86.1 cm³/mol. The van der Waals surface area contributed by atoms with Gasteiger partial charge in [0.05, 0.1) is 5.69 Å². The van der Waals surface area contributed by atoms with Crippen molar-refractivity contribution in [2.24, 2.45) is 7.05 Å². The second-order valence-electron chi connectivity index (χ2n) is 5.48. The third-order valence-corrected chi connectivity index (χ3v) is 3.69. The topological polar surface area (TPSA) is 46.9 Å². The highest BCUT2D eigenvalue weighted by molar-refractivity contribution is 5.93. The Kier molecular flexibility index (Phi) is 4.56. The van der Waals surface area contributed by atoms with Gasteiger partial charge in [0.1, 0.15) is 5.82 Å². The minimum atomic E-state index is -0.971. The molecule has 0 aliphatic rings. The molecule has 0 aliphatic heterocycles. The van der Waals surface area contributed by atoms with Gasteiger partial charge in [-0.15, -0.1) is 0 Å². The van der Waals surface area contributed by atoms with Crippen LogP contribution in [0.3, 0.4) is 0 Å². The van der Waals surface area contributed by atoms with Crippen molar-refractivity contribution in [2.45, 2.75) is 6.54 Å². The third kappa shape index (κ3) is 3.71. The number of amides is 1. The lowest BCUT2D eigenvalue weighted by atomic mass is 10.1. The Hall–Kier alpha value is -3.09. The van der Waals surface area contributed by atoms with Crippen LogP contribution in [0.4, 0.5) is 13.2 Å². The Balaban J connectivity index is 1.75. The summed E-state index contributed by atoms with van der Waals surface area (Å²) in [4.78, 5) is 12.2. The molecule has 0 aliphatic carbocycles. The molecular formula is C18H14F3N3O. The normalized spacial score (nSPS) is 10.7. The average Bonchev–Trinajstić information content (AvgIpc) is 2.98. The first-order valence-corrected chi connectivity index (χ1v) is 7.46. The number of hydrogen-bond donors (Lipinski definition) is 1. The maximum atomic E-state index is 13.4. The first-order chi connectivity index (χ1) is 11.9. The smallest absolute Gasteiger partial charge is 0.272 e. The lowest BCUT2D eigenvalue weighted by Gasteiger charge is -2.03. The van der Waals surface area contributed by atoms with Gasteiger partial charge in [0, 0.05) is 19.2 Å². The van der Waals surface area contributed by atoms with Crippen LogP contribution in [0.15, 0.2) is 48.5 Å². The van der Waals surface area contributed by atoms with Gasteiger partial charge >= 0.3 is 0 Å². The fourth-order valence-electron chi connectivity index (χ4n) is 2.38. The monoisotopic (exact) mass is 345 g/mol. The highest BCUT2D eigenvalue weighted by Gasteiger charge is 2.15. The molecule has 0 spiro atoms. The maximum absolute atomic E-state index is 13.4. The Morgan fingerprint density at radius 2 is 1.76 bits per heavy atom.